The number of rotatable bonds is 2. The highest BCUT2D eigenvalue weighted by Crippen LogP contribution is 1.92. The van der Waals surface area contributed by atoms with E-state index in [0.717, 1.165) is 6.33 Å². The molecule has 0 aliphatic heterocycles. The SMILES string of the molecule is CNS(=O)(=O)n1cnc(N)n1. The quantitative estimate of drug-likeness (QED) is 0.553. The van der Waals surface area contributed by atoms with E-state index in [1.807, 2.05) is 4.72 Å². The highest BCUT2D eigenvalue weighted by atomic mass is 32.2. The first-order valence-electron chi connectivity index (χ1n) is 2.67. The Bertz CT molecular complexity index is 340. The first-order valence-corrected chi connectivity index (χ1v) is 4.11. The lowest BCUT2D eigenvalue weighted by Gasteiger charge is -1.97. The van der Waals surface area contributed by atoms with Crippen LogP contribution in [0.4, 0.5) is 5.95 Å². The molecule has 1 aromatic heterocycles. The number of anilines is 1. The van der Waals surface area contributed by atoms with Crippen molar-refractivity contribution in [2.45, 2.75) is 0 Å². The van der Waals surface area contributed by atoms with Crippen LogP contribution in [0.2, 0.25) is 0 Å². The molecule has 1 aromatic rings. The molecule has 62 valence electrons. The topological polar surface area (TPSA) is 103 Å². The van der Waals surface area contributed by atoms with Crippen molar-refractivity contribution in [2.75, 3.05) is 12.8 Å². The molecule has 0 fully saturated rings. The molecule has 0 radical (unpaired) electrons. The Balaban J connectivity index is 3.13. The fraction of sp³-hybridized carbons (Fsp3) is 0.333. The van der Waals surface area contributed by atoms with Gasteiger partial charge in [-0.1, -0.05) is 0 Å². The van der Waals surface area contributed by atoms with E-state index >= 15 is 0 Å². The van der Waals surface area contributed by atoms with E-state index in [0.29, 0.717) is 4.09 Å². The van der Waals surface area contributed by atoms with Crippen molar-refractivity contribution in [1.29, 1.82) is 0 Å². The smallest absolute Gasteiger partial charge is 0.321 e. The summed E-state index contributed by atoms with van der Waals surface area (Å²) in [4.78, 5) is 3.44. The molecule has 11 heavy (non-hydrogen) atoms. The second-order valence-electron chi connectivity index (χ2n) is 1.68. The van der Waals surface area contributed by atoms with Crippen molar-refractivity contribution in [3.05, 3.63) is 6.33 Å². The first-order chi connectivity index (χ1) is 5.06. The number of hydrogen-bond donors (Lipinski definition) is 2. The summed E-state index contributed by atoms with van der Waals surface area (Å²) in [5.74, 6) is -0.0798. The van der Waals surface area contributed by atoms with Gasteiger partial charge in [0.05, 0.1) is 0 Å². The van der Waals surface area contributed by atoms with Gasteiger partial charge in [-0.3, -0.25) is 0 Å². The van der Waals surface area contributed by atoms with Gasteiger partial charge in [0.1, 0.15) is 6.33 Å². The summed E-state index contributed by atoms with van der Waals surface area (Å²) in [6.45, 7) is 0. The van der Waals surface area contributed by atoms with E-state index in [1.54, 1.807) is 0 Å². The number of aromatic nitrogens is 3. The maximum absolute atomic E-state index is 10.9. The Kier molecular flexibility index (Phi) is 1.79. The zero-order valence-corrected chi connectivity index (χ0v) is 6.54. The van der Waals surface area contributed by atoms with Crippen LogP contribution in [-0.4, -0.2) is 29.6 Å². The van der Waals surface area contributed by atoms with Gasteiger partial charge in [-0.15, -0.1) is 9.19 Å². The highest BCUT2D eigenvalue weighted by Gasteiger charge is 2.10. The van der Waals surface area contributed by atoms with E-state index in [9.17, 15) is 8.42 Å². The van der Waals surface area contributed by atoms with Gasteiger partial charge < -0.3 is 5.73 Å². The van der Waals surface area contributed by atoms with Gasteiger partial charge in [-0.25, -0.2) is 0 Å². The Morgan fingerprint density at radius 2 is 2.36 bits per heavy atom. The van der Waals surface area contributed by atoms with Crippen LogP contribution in [0.3, 0.4) is 0 Å². The third-order valence-electron chi connectivity index (χ3n) is 0.994. The number of nitrogen functional groups attached to an aromatic ring is 1. The van der Waals surface area contributed by atoms with Crippen molar-refractivity contribution >= 4 is 16.2 Å². The average molecular weight is 177 g/mol. The van der Waals surface area contributed by atoms with Gasteiger partial charge in [-0.05, 0) is 0 Å². The molecule has 8 heteroatoms. The second-order valence-corrected chi connectivity index (χ2v) is 3.42. The maximum atomic E-state index is 10.9. The zero-order chi connectivity index (χ0) is 8.48. The van der Waals surface area contributed by atoms with Crippen molar-refractivity contribution in [1.82, 2.24) is 18.9 Å². The second kappa shape index (κ2) is 2.47. The Morgan fingerprint density at radius 3 is 2.73 bits per heavy atom. The summed E-state index contributed by atoms with van der Waals surface area (Å²) in [6, 6.07) is 0. The standard InChI is InChI=1S/C3H7N5O2S/c1-5-11(9,10)8-2-6-3(4)7-8/h2,5H,1H3,(H2,4,7). The molecule has 3 N–H and O–H groups in total. The molecule has 1 rings (SSSR count). The van der Waals surface area contributed by atoms with E-state index < -0.39 is 10.2 Å². The molecule has 0 saturated carbocycles. The summed E-state index contributed by atoms with van der Waals surface area (Å²) in [6.07, 6.45) is 1.02. The molecule has 0 aliphatic carbocycles. The van der Waals surface area contributed by atoms with Crippen LogP contribution in [0.15, 0.2) is 6.33 Å². The van der Waals surface area contributed by atoms with Crippen LogP contribution >= 0.6 is 0 Å². The Morgan fingerprint density at radius 1 is 1.73 bits per heavy atom. The molecule has 0 unspecified atom stereocenters. The van der Waals surface area contributed by atoms with Crippen LogP contribution in [0.1, 0.15) is 0 Å². The van der Waals surface area contributed by atoms with Crippen LogP contribution in [0.25, 0.3) is 0 Å². The molecular formula is C3H7N5O2S. The molecule has 0 aliphatic rings. The Labute approximate surface area is 63.4 Å². The van der Waals surface area contributed by atoms with Gasteiger partial charge in [0.25, 0.3) is 0 Å². The number of hydrogen-bond acceptors (Lipinski definition) is 5. The minimum atomic E-state index is -3.56. The van der Waals surface area contributed by atoms with Gasteiger partial charge in [0, 0.05) is 7.05 Å². The highest BCUT2D eigenvalue weighted by molar-refractivity contribution is 7.87. The molecule has 0 amide bonds. The molecule has 1 heterocycles. The van der Waals surface area contributed by atoms with Crippen LogP contribution in [-0.2, 0) is 10.2 Å². The molecular weight excluding hydrogens is 170 g/mol. The largest absolute Gasteiger partial charge is 0.366 e. The van der Waals surface area contributed by atoms with Gasteiger partial charge in [-0.2, -0.15) is 18.1 Å². The minimum Gasteiger partial charge on any atom is -0.366 e. The molecule has 7 nitrogen and oxygen atoms in total. The molecule has 0 aromatic carbocycles. The van der Waals surface area contributed by atoms with Crippen molar-refractivity contribution in [3.8, 4) is 0 Å². The minimum absolute atomic E-state index is 0.0798. The predicted octanol–water partition coefficient (Wildman–Crippen LogP) is -1.83. The van der Waals surface area contributed by atoms with E-state index in [2.05, 4.69) is 10.1 Å². The fourth-order valence-electron chi connectivity index (χ4n) is 0.470. The zero-order valence-electron chi connectivity index (χ0n) is 5.72. The lowest BCUT2D eigenvalue weighted by atomic mass is 11.1. The van der Waals surface area contributed by atoms with Crippen LogP contribution in [0, 0.1) is 0 Å². The van der Waals surface area contributed by atoms with E-state index in [1.165, 1.54) is 7.05 Å². The number of nitrogens with one attached hydrogen (secondary N) is 1. The van der Waals surface area contributed by atoms with Gasteiger partial charge in [0.2, 0.25) is 5.95 Å². The first kappa shape index (κ1) is 7.95. The molecule has 0 bridgehead atoms. The monoisotopic (exact) mass is 177 g/mol. The predicted molar refractivity (Wildman–Crippen MR) is 37.8 cm³/mol. The third-order valence-corrected chi connectivity index (χ3v) is 2.18. The summed E-state index contributed by atoms with van der Waals surface area (Å²) in [5, 5.41) is 3.39. The van der Waals surface area contributed by atoms with Gasteiger partial charge >= 0.3 is 10.2 Å². The lowest BCUT2D eigenvalue weighted by Crippen LogP contribution is -2.26. The van der Waals surface area contributed by atoms with Gasteiger partial charge in [0.15, 0.2) is 0 Å². The normalized spacial score (nSPS) is 11.7. The van der Waals surface area contributed by atoms with Crippen LogP contribution in [0.5, 0.6) is 0 Å². The number of nitrogens with two attached hydrogens (primary N) is 1. The summed E-state index contributed by atoms with van der Waals surface area (Å²) in [7, 11) is -2.29. The van der Waals surface area contributed by atoms with E-state index in [-0.39, 0.29) is 5.95 Å². The maximum Gasteiger partial charge on any atom is 0.321 e. The fourth-order valence-corrected chi connectivity index (χ4v) is 1.02. The van der Waals surface area contributed by atoms with Crippen molar-refractivity contribution in [3.63, 3.8) is 0 Å². The summed E-state index contributed by atoms with van der Waals surface area (Å²) in [5.41, 5.74) is 5.09. The van der Waals surface area contributed by atoms with Crippen molar-refractivity contribution in [2.24, 2.45) is 0 Å². The molecule has 0 spiro atoms. The summed E-state index contributed by atoms with van der Waals surface area (Å²) < 4.78 is 24.5. The third kappa shape index (κ3) is 1.46. The van der Waals surface area contributed by atoms with Crippen LogP contribution < -0.4 is 10.5 Å². The van der Waals surface area contributed by atoms with E-state index in [4.69, 9.17) is 5.73 Å². The Hall–Kier alpha value is -1.15. The average Bonchev–Trinajstić information content (AvgIpc) is 2.36. The lowest BCUT2D eigenvalue weighted by molar-refractivity contribution is 0.571. The van der Waals surface area contributed by atoms with Crippen molar-refractivity contribution < 1.29 is 8.42 Å². The molecule has 0 saturated heterocycles. The number of nitrogens with zero attached hydrogens (tertiary/aromatic N) is 3. The molecule has 0 atom stereocenters. The summed E-state index contributed by atoms with van der Waals surface area (Å²) >= 11 is 0.